The van der Waals surface area contributed by atoms with Gasteiger partial charge in [0.15, 0.2) is 0 Å². The number of halogens is 1. The van der Waals surface area contributed by atoms with Gasteiger partial charge in [0.05, 0.1) is 25.4 Å². The molecule has 6 heteroatoms. The molecule has 1 aromatic rings. The van der Waals surface area contributed by atoms with Gasteiger partial charge in [-0.3, -0.25) is 10.3 Å². The third-order valence-corrected chi connectivity index (χ3v) is 3.19. The predicted octanol–water partition coefficient (Wildman–Crippen LogP) is 0.201. The van der Waals surface area contributed by atoms with Crippen LogP contribution < -0.4 is 20.5 Å². The van der Waals surface area contributed by atoms with Gasteiger partial charge in [0.1, 0.15) is 5.75 Å². The zero-order valence-corrected chi connectivity index (χ0v) is 12.7. The minimum Gasteiger partial charge on any atom is -0.493 e. The molecule has 1 aliphatic heterocycles. The molecule has 1 aliphatic rings. The van der Waals surface area contributed by atoms with Crippen LogP contribution in [0.25, 0.3) is 0 Å². The highest BCUT2D eigenvalue weighted by Crippen LogP contribution is 2.23. The van der Waals surface area contributed by atoms with Crippen LogP contribution in [0.3, 0.4) is 0 Å². The summed E-state index contributed by atoms with van der Waals surface area (Å²) in [6.45, 7) is 6.39. The van der Waals surface area contributed by atoms with E-state index < -0.39 is 0 Å². The van der Waals surface area contributed by atoms with Gasteiger partial charge >= 0.3 is 5.96 Å². The summed E-state index contributed by atoms with van der Waals surface area (Å²) in [5.74, 6) is 1.68. The molecule has 1 heterocycles. The summed E-state index contributed by atoms with van der Waals surface area (Å²) in [6.07, 6.45) is 0. The summed E-state index contributed by atoms with van der Waals surface area (Å²) in [5, 5.41) is 7.53. The Morgan fingerprint density at radius 2 is 2.42 bits per heavy atom. The van der Waals surface area contributed by atoms with Gasteiger partial charge in [-0.25, -0.2) is 0 Å². The molecule has 1 aromatic carbocycles. The Labute approximate surface area is 121 Å². The first-order valence-corrected chi connectivity index (χ1v) is 7.07. The van der Waals surface area contributed by atoms with Gasteiger partial charge < -0.3 is 4.74 Å². The van der Waals surface area contributed by atoms with E-state index in [2.05, 4.69) is 36.8 Å². The average Bonchev–Trinajstić information content (AvgIpc) is 2.91. The highest BCUT2D eigenvalue weighted by atomic mass is 79.9. The molecule has 0 saturated carbocycles. The Balaban J connectivity index is 2.18. The summed E-state index contributed by atoms with van der Waals surface area (Å²) < 4.78 is 6.62. The van der Waals surface area contributed by atoms with Crippen molar-refractivity contribution in [3.05, 3.63) is 28.2 Å². The van der Waals surface area contributed by atoms with Crippen molar-refractivity contribution >= 4 is 27.6 Å². The van der Waals surface area contributed by atoms with Crippen LogP contribution in [-0.4, -0.2) is 31.4 Å². The van der Waals surface area contributed by atoms with Crippen molar-refractivity contribution in [2.45, 2.75) is 13.8 Å². The highest BCUT2D eigenvalue weighted by molar-refractivity contribution is 9.10. The third kappa shape index (κ3) is 3.70. The quantitative estimate of drug-likeness (QED) is 0.547. The molecule has 0 saturated heterocycles. The number of ether oxygens (including phenoxy) is 1. The molecule has 2 rings (SSSR count). The van der Waals surface area contributed by atoms with Gasteiger partial charge in [0.2, 0.25) is 0 Å². The normalized spacial score (nSPS) is 14.9. The Morgan fingerprint density at radius 1 is 1.58 bits per heavy atom. The number of hydrazone groups is 1. The predicted molar refractivity (Wildman–Crippen MR) is 79.5 cm³/mol. The van der Waals surface area contributed by atoms with Crippen LogP contribution in [0.1, 0.15) is 19.4 Å². The molecule has 5 nitrogen and oxygen atoms in total. The zero-order chi connectivity index (χ0) is 13.7. The van der Waals surface area contributed by atoms with Crippen LogP contribution in [0, 0.1) is 0 Å². The topological polar surface area (TPSA) is 59.6 Å². The summed E-state index contributed by atoms with van der Waals surface area (Å²) in [5.41, 5.74) is 4.82. The number of nitrogens with zero attached hydrogens (tertiary/aromatic N) is 1. The Hall–Kier alpha value is -1.56. The average molecular weight is 326 g/mol. The van der Waals surface area contributed by atoms with E-state index in [1.807, 2.05) is 32.0 Å². The van der Waals surface area contributed by atoms with E-state index in [4.69, 9.17) is 4.74 Å². The standard InChI is InChI=1S/C13H17BrN4O/c1-3-19-12-5-4-10(14)8-11(12)9(2)17-18-13-15-6-7-16-13/h4-5,8H,3,6-7H2,1-2H3,(H2,15,16,18)/p+1/b17-9-. The second kappa shape index (κ2) is 6.56. The number of benzene rings is 1. The first-order valence-electron chi connectivity index (χ1n) is 6.28. The molecular formula is C13H18BrN4O+. The number of hydrogen-bond acceptors (Lipinski definition) is 4. The molecule has 0 aliphatic carbocycles. The van der Waals surface area contributed by atoms with Gasteiger partial charge in [-0.15, -0.1) is 5.10 Å². The van der Waals surface area contributed by atoms with Gasteiger partial charge in [-0.1, -0.05) is 15.9 Å². The number of hydrogen-bond donors (Lipinski definition) is 3. The fourth-order valence-corrected chi connectivity index (χ4v) is 2.14. The van der Waals surface area contributed by atoms with E-state index in [-0.39, 0.29) is 0 Å². The van der Waals surface area contributed by atoms with Crippen molar-refractivity contribution in [2.75, 3.05) is 19.7 Å². The Kier molecular flexibility index (Phi) is 4.79. The van der Waals surface area contributed by atoms with Crippen molar-refractivity contribution in [1.29, 1.82) is 0 Å². The lowest BCUT2D eigenvalue weighted by atomic mass is 10.1. The monoisotopic (exact) mass is 325 g/mol. The molecule has 0 amide bonds. The van der Waals surface area contributed by atoms with Crippen LogP contribution in [0.2, 0.25) is 0 Å². The first-order chi connectivity index (χ1) is 9.20. The molecular weight excluding hydrogens is 308 g/mol. The van der Waals surface area contributed by atoms with Gasteiger partial charge in [0.25, 0.3) is 0 Å². The summed E-state index contributed by atoms with van der Waals surface area (Å²) in [7, 11) is 0. The third-order valence-electron chi connectivity index (χ3n) is 2.70. The first kappa shape index (κ1) is 13.9. The molecule has 0 bridgehead atoms. The molecule has 102 valence electrons. The molecule has 0 aromatic heterocycles. The fraction of sp³-hybridized carbons (Fsp3) is 0.385. The number of guanidine groups is 1. The van der Waals surface area contributed by atoms with Crippen molar-refractivity contribution in [2.24, 2.45) is 5.10 Å². The SMILES string of the molecule is CCOc1ccc(Br)cc1/C(C)=N\NC1=[NH+]CCN1. The maximum Gasteiger partial charge on any atom is 0.367 e. The molecule has 0 unspecified atom stereocenters. The molecule has 19 heavy (non-hydrogen) atoms. The maximum atomic E-state index is 5.62. The summed E-state index contributed by atoms with van der Waals surface area (Å²) in [6, 6.07) is 5.91. The number of rotatable bonds is 4. The van der Waals surface area contributed by atoms with Gasteiger partial charge in [-0.2, -0.15) is 5.43 Å². The van der Waals surface area contributed by atoms with Crippen LogP contribution in [0.15, 0.2) is 27.8 Å². The smallest absolute Gasteiger partial charge is 0.367 e. The van der Waals surface area contributed by atoms with E-state index >= 15 is 0 Å². The zero-order valence-electron chi connectivity index (χ0n) is 11.1. The minimum atomic E-state index is 0.635. The van der Waals surface area contributed by atoms with E-state index in [0.717, 1.165) is 40.5 Å². The highest BCUT2D eigenvalue weighted by Gasteiger charge is 2.12. The molecule has 0 atom stereocenters. The maximum absolute atomic E-state index is 5.62. The van der Waals surface area contributed by atoms with Gasteiger partial charge in [-0.05, 0) is 32.0 Å². The van der Waals surface area contributed by atoms with Crippen LogP contribution in [0.4, 0.5) is 0 Å². The van der Waals surface area contributed by atoms with Crippen LogP contribution >= 0.6 is 15.9 Å². The van der Waals surface area contributed by atoms with Crippen LogP contribution in [-0.2, 0) is 0 Å². The van der Waals surface area contributed by atoms with Crippen molar-refractivity contribution < 1.29 is 9.73 Å². The van der Waals surface area contributed by atoms with E-state index in [9.17, 15) is 0 Å². The Morgan fingerprint density at radius 3 is 3.11 bits per heavy atom. The Bertz CT molecular complexity index is 513. The molecule has 0 spiro atoms. The minimum absolute atomic E-state index is 0.635. The second-order valence-corrected chi connectivity index (χ2v) is 5.03. The summed E-state index contributed by atoms with van der Waals surface area (Å²) >= 11 is 3.47. The summed E-state index contributed by atoms with van der Waals surface area (Å²) in [4.78, 5) is 3.16. The molecule has 0 fully saturated rings. The van der Waals surface area contributed by atoms with Crippen molar-refractivity contribution in [3.63, 3.8) is 0 Å². The lowest BCUT2D eigenvalue weighted by molar-refractivity contribution is -0.446. The lowest BCUT2D eigenvalue weighted by Crippen LogP contribution is -2.73. The number of nitrogens with one attached hydrogen (secondary N) is 3. The fourth-order valence-electron chi connectivity index (χ4n) is 1.78. The van der Waals surface area contributed by atoms with E-state index in [1.165, 1.54) is 0 Å². The molecule has 0 radical (unpaired) electrons. The molecule has 3 N–H and O–H groups in total. The van der Waals surface area contributed by atoms with Crippen molar-refractivity contribution in [3.8, 4) is 5.75 Å². The lowest BCUT2D eigenvalue weighted by Gasteiger charge is -2.09. The van der Waals surface area contributed by atoms with Crippen LogP contribution in [0.5, 0.6) is 5.75 Å². The van der Waals surface area contributed by atoms with Crippen molar-refractivity contribution in [1.82, 2.24) is 10.7 Å². The van der Waals surface area contributed by atoms with E-state index in [1.54, 1.807) is 0 Å². The largest absolute Gasteiger partial charge is 0.493 e. The van der Waals surface area contributed by atoms with E-state index in [0.29, 0.717) is 6.61 Å². The van der Waals surface area contributed by atoms with Gasteiger partial charge in [0, 0.05) is 10.0 Å². The second-order valence-electron chi connectivity index (χ2n) is 4.11.